The monoisotopic (exact) mass is 350 g/mol. The van der Waals surface area contributed by atoms with Crippen molar-refractivity contribution in [2.45, 2.75) is 44.9 Å². The van der Waals surface area contributed by atoms with Gasteiger partial charge < -0.3 is 5.32 Å². The average Bonchev–Trinajstić information content (AvgIpc) is 2.99. The van der Waals surface area contributed by atoms with Crippen molar-refractivity contribution in [3.05, 3.63) is 29.3 Å². The number of nitrogens with zero attached hydrogens (tertiary/aromatic N) is 1. The Morgan fingerprint density at radius 3 is 2.71 bits per heavy atom. The van der Waals surface area contributed by atoms with E-state index >= 15 is 0 Å². The molecular weight excluding hydrogens is 324 g/mol. The lowest BCUT2D eigenvalue weighted by molar-refractivity contribution is 0.0950. The largest absolute Gasteiger partial charge is 0.352 e. The van der Waals surface area contributed by atoms with Gasteiger partial charge in [-0.15, -0.1) is 0 Å². The molecule has 24 heavy (non-hydrogen) atoms. The molecule has 1 amide bonds. The molecule has 1 aromatic carbocycles. The maximum atomic E-state index is 12.3. The van der Waals surface area contributed by atoms with Gasteiger partial charge in [0.05, 0.1) is 11.9 Å². The number of benzene rings is 1. The first kappa shape index (κ1) is 17.3. The van der Waals surface area contributed by atoms with Crippen LogP contribution >= 0.6 is 0 Å². The number of rotatable bonds is 5. The van der Waals surface area contributed by atoms with Gasteiger partial charge in [0.15, 0.2) is 0 Å². The number of hydrogen-bond acceptors (Lipinski definition) is 3. The Morgan fingerprint density at radius 1 is 1.25 bits per heavy atom. The van der Waals surface area contributed by atoms with Crippen molar-refractivity contribution in [1.29, 1.82) is 0 Å². The fourth-order valence-corrected chi connectivity index (χ4v) is 4.78. The predicted octanol–water partition coefficient (Wildman–Crippen LogP) is 2.71. The van der Waals surface area contributed by atoms with Crippen LogP contribution in [0, 0.1) is 5.92 Å². The number of hydrogen-bond donors (Lipinski definition) is 1. The average molecular weight is 350 g/mol. The van der Waals surface area contributed by atoms with Gasteiger partial charge in [-0.25, -0.2) is 8.42 Å². The van der Waals surface area contributed by atoms with E-state index in [4.69, 9.17) is 0 Å². The Hall–Kier alpha value is -1.56. The molecule has 5 nitrogen and oxygen atoms in total. The highest BCUT2D eigenvalue weighted by atomic mass is 32.2. The Labute approximate surface area is 144 Å². The Kier molecular flexibility index (Phi) is 5.13. The number of nitrogens with one attached hydrogen (secondary N) is 1. The fraction of sp³-hybridized carbons (Fsp3) is 0.611. The van der Waals surface area contributed by atoms with Gasteiger partial charge >= 0.3 is 0 Å². The van der Waals surface area contributed by atoms with E-state index in [1.54, 1.807) is 12.1 Å². The topological polar surface area (TPSA) is 66.5 Å². The zero-order valence-corrected chi connectivity index (χ0v) is 15.1. The van der Waals surface area contributed by atoms with Crippen LogP contribution < -0.4 is 9.62 Å². The standard InChI is InChI=1S/C18H26N2O3S/c1-24(22,23)20-12-10-15-13-16(7-8-17(15)20)18(21)19-11-9-14-5-3-2-4-6-14/h7-8,13-14H,2-6,9-12H2,1H3,(H,19,21). The highest BCUT2D eigenvalue weighted by molar-refractivity contribution is 7.92. The van der Waals surface area contributed by atoms with E-state index < -0.39 is 10.0 Å². The summed E-state index contributed by atoms with van der Waals surface area (Å²) in [6, 6.07) is 5.30. The van der Waals surface area contributed by atoms with Crippen LogP contribution in [0.4, 0.5) is 5.69 Å². The van der Waals surface area contributed by atoms with Crippen molar-refractivity contribution in [3.63, 3.8) is 0 Å². The van der Waals surface area contributed by atoms with Crippen molar-refractivity contribution in [2.24, 2.45) is 5.92 Å². The van der Waals surface area contributed by atoms with Crippen molar-refractivity contribution in [3.8, 4) is 0 Å². The van der Waals surface area contributed by atoms with Crippen LogP contribution in [-0.4, -0.2) is 33.7 Å². The lowest BCUT2D eigenvalue weighted by atomic mass is 9.87. The first-order valence-electron chi connectivity index (χ1n) is 8.84. The van der Waals surface area contributed by atoms with Crippen molar-refractivity contribution < 1.29 is 13.2 Å². The molecule has 2 aliphatic rings. The second-order valence-electron chi connectivity index (χ2n) is 6.98. The Bertz CT molecular complexity index is 709. The maximum Gasteiger partial charge on any atom is 0.251 e. The first-order chi connectivity index (χ1) is 11.4. The molecule has 3 rings (SSSR count). The van der Waals surface area contributed by atoms with Gasteiger partial charge in [-0.05, 0) is 42.5 Å². The molecule has 0 aromatic heterocycles. The van der Waals surface area contributed by atoms with Crippen molar-refractivity contribution in [1.82, 2.24) is 5.32 Å². The zero-order valence-electron chi connectivity index (χ0n) is 14.3. The van der Waals surface area contributed by atoms with Gasteiger partial charge in [0.25, 0.3) is 5.91 Å². The molecule has 0 radical (unpaired) electrons. The molecule has 1 aromatic rings. The van der Waals surface area contributed by atoms with E-state index in [1.807, 2.05) is 6.07 Å². The molecule has 0 saturated heterocycles. The molecule has 132 valence electrons. The lowest BCUT2D eigenvalue weighted by Crippen LogP contribution is -2.28. The van der Waals surface area contributed by atoms with Gasteiger partial charge in [-0.3, -0.25) is 9.10 Å². The smallest absolute Gasteiger partial charge is 0.251 e. The van der Waals surface area contributed by atoms with Gasteiger partial charge in [0, 0.05) is 18.7 Å². The molecule has 0 bridgehead atoms. The molecule has 6 heteroatoms. The van der Waals surface area contributed by atoms with Crippen LogP contribution in [0.15, 0.2) is 18.2 Å². The molecule has 0 atom stereocenters. The highest BCUT2D eigenvalue weighted by Gasteiger charge is 2.26. The molecular formula is C18H26N2O3S. The van der Waals surface area contributed by atoms with Crippen LogP contribution in [0.5, 0.6) is 0 Å². The highest BCUT2D eigenvalue weighted by Crippen LogP contribution is 2.30. The summed E-state index contributed by atoms with van der Waals surface area (Å²) in [6.07, 6.45) is 9.49. The lowest BCUT2D eigenvalue weighted by Gasteiger charge is -2.21. The second kappa shape index (κ2) is 7.13. The number of carbonyl (C=O) groups excluding carboxylic acids is 1. The van der Waals surface area contributed by atoms with Crippen LogP contribution in [-0.2, 0) is 16.4 Å². The van der Waals surface area contributed by atoms with Crippen molar-refractivity contribution in [2.75, 3.05) is 23.7 Å². The Morgan fingerprint density at radius 2 is 2.00 bits per heavy atom. The summed E-state index contributed by atoms with van der Waals surface area (Å²) in [6.45, 7) is 1.18. The summed E-state index contributed by atoms with van der Waals surface area (Å²) >= 11 is 0. The van der Waals surface area contributed by atoms with E-state index in [2.05, 4.69) is 5.32 Å². The van der Waals surface area contributed by atoms with E-state index in [1.165, 1.54) is 42.7 Å². The fourth-order valence-electron chi connectivity index (χ4n) is 3.82. The molecule has 1 aliphatic carbocycles. The predicted molar refractivity (Wildman–Crippen MR) is 95.9 cm³/mol. The maximum absolute atomic E-state index is 12.3. The summed E-state index contributed by atoms with van der Waals surface area (Å²) in [5.41, 5.74) is 2.25. The molecule has 1 aliphatic heterocycles. The zero-order chi connectivity index (χ0) is 17.2. The minimum absolute atomic E-state index is 0.0635. The third kappa shape index (κ3) is 3.91. The number of carbonyl (C=O) groups is 1. The second-order valence-corrected chi connectivity index (χ2v) is 8.88. The van der Waals surface area contributed by atoms with Gasteiger partial charge in [0.2, 0.25) is 10.0 Å². The van der Waals surface area contributed by atoms with Gasteiger partial charge in [-0.2, -0.15) is 0 Å². The minimum Gasteiger partial charge on any atom is -0.352 e. The van der Waals surface area contributed by atoms with Crippen LogP contribution in [0.25, 0.3) is 0 Å². The number of fused-ring (bicyclic) bond motifs is 1. The summed E-state index contributed by atoms with van der Waals surface area (Å²) in [5.74, 6) is 0.689. The third-order valence-corrected chi connectivity index (χ3v) is 6.34. The van der Waals surface area contributed by atoms with Gasteiger partial charge in [-0.1, -0.05) is 32.1 Å². The number of amides is 1. The number of anilines is 1. The molecule has 1 fully saturated rings. The van der Waals surface area contributed by atoms with Crippen molar-refractivity contribution >= 4 is 21.6 Å². The molecule has 0 spiro atoms. The molecule has 0 unspecified atom stereocenters. The summed E-state index contributed by atoms with van der Waals surface area (Å²) in [5, 5.41) is 3.01. The summed E-state index contributed by atoms with van der Waals surface area (Å²) < 4.78 is 24.9. The molecule has 1 heterocycles. The molecule has 1 saturated carbocycles. The SMILES string of the molecule is CS(=O)(=O)N1CCc2cc(C(=O)NCCC3CCCCC3)ccc21. The quantitative estimate of drug-likeness (QED) is 0.888. The van der Waals surface area contributed by atoms with Crippen LogP contribution in [0.1, 0.15) is 54.4 Å². The normalized spacial score (nSPS) is 18.5. The van der Waals surface area contributed by atoms with E-state index in [0.717, 1.165) is 24.4 Å². The third-order valence-electron chi connectivity index (χ3n) is 5.16. The van der Waals surface area contributed by atoms with Crippen LogP contribution in [0.2, 0.25) is 0 Å². The Balaban J connectivity index is 1.58. The summed E-state index contributed by atoms with van der Waals surface area (Å²) in [4.78, 5) is 12.3. The van der Waals surface area contributed by atoms with E-state index in [9.17, 15) is 13.2 Å². The van der Waals surface area contributed by atoms with E-state index in [0.29, 0.717) is 24.2 Å². The number of sulfonamides is 1. The van der Waals surface area contributed by atoms with E-state index in [-0.39, 0.29) is 5.91 Å². The summed E-state index contributed by atoms with van der Waals surface area (Å²) in [7, 11) is -3.24. The minimum atomic E-state index is -3.24. The molecule has 1 N–H and O–H groups in total. The first-order valence-corrected chi connectivity index (χ1v) is 10.7. The van der Waals surface area contributed by atoms with Crippen LogP contribution in [0.3, 0.4) is 0 Å². The van der Waals surface area contributed by atoms with Gasteiger partial charge in [0.1, 0.15) is 0 Å².